The standard InChI is InChI=1S/C16H19ClN2O/c1-11(2)20-14-6-4-5-13(8-14)10-18-15-7-12(3)9-19-16(15)17/h4-9,11,18H,10H2,1-3H3. The third-order valence-electron chi connectivity index (χ3n) is 2.73. The van der Waals surface area contributed by atoms with Crippen LogP contribution in [0.4, 0.5) is 5.69 Å². The normalized spacial score (nSPS) is 10.7. The lowest BCUT2D eigenvalue weighted by Crippen LogP contribution is -2.06. The van der Waals surface area contributed by atoms with Crippen LogP contribution in [0.2, 0.25) is 5.15 Å². The van der Waals surface area contributed by atoms with Gasteiger partial charge in [0.05, 0.1) is 11.8 Å². The molecule has 0 spiro atoms. The zero-order valence-electron chi connectivity index (χ0n) is 12.0. The van der Waals surface area contributed by atoms with Gasteiger partial charge >= 0.3 is 0 Å². The van der Waals surface area contributed by atoms with Crippen molar-refractivity contribution in [3.8, 4) is 5.75 Å². The molecule has 0 aliphatic rings. The highest BCUT2D eigenvalue weighted by Gasteiger charge is 2.03. The number of rotatable bonds is 5. The summed E-state index contributed by atoms with van der Waals surface area (Å²) in [5.41, 5.74) is 3.07. The Morgan fingerprint density at radius 1 is 1.30 bits per heavy atom. The summed E-state index contributed by atoms with van der Waals surface area (Å²) in [5.74, 6) is 0.882. The number of aromatic nitrogens is 1. The first kappa shape index (κ1) is 14.7. The van der Waals surface area contributed by atoms with Gasteiger partial charge in [0.25, 0.3) is 0 Å². The summed E-state index contributed by atoms with van der Waals surface area (Å²) in [7, 11) is 0. The van der Waals surface area contributed by atoms with Crippen molar-refractivity contribution in [2.75, 3.05) is 5.32 Å². The van der Waals surface area contributed by atoms with Crippen molar-refractivity contribution in [3.05, 3.63) is 52.8 Å². The summed E-state index contributed by atoms with van der Waals surface area (Å²) in [6.07, 6.45) is 1.93. The van der Waals surface area contributed by atoms with Crippen LogP contribution in [-0.2, 0) is 6.54 Å². The van der Waals surface area contributed by atoms with E-state index in [-0.39, 0.29) is 6.10 Å². The topological polar surface area (TPSA) is 34.2 Å². The average molecular weight is 291 g/mol. The summed E-state index contributed by atoms with van der Waals surface area (Å²) in [4.78, 5) is 4.13. The number of nitrogens with zero attached hydrogens (tertiary/aromatic N) is 1. The monoisotopic (exact) mass is 290 g/mol. The minimum Gasteiger partial charge on any atom is -0.491 e. The Morgan fingerprint density at radius 2 is 2.10 bits per heavy atom. The minimum atomic E-state index is 0.175. The predicted molar refractivity (Wildman–Crippen MR) is 83.5 cm³/mol. The number of benzene rings is 1. The van der Waals surface area contributed by atoms with Gasteiger partial charge in [-0.1, -0.05) is 23.7 Å². The molecule has 0 saturated carbocycles. The molecule has 2 aromatic rings. The summed E-state index contributed by atoms with van der Waals surface area (Å²) in [6, 6.07) is 10.0. The van der Waals surface area contributed by atoms with Crippen LogP contribution in [0.1, 0.15) is 25.0 Å². The van der Waals surface area contributed by atoms with Gasteiger partial charge < -0.3 is 10.1 Å². The van der Waals surface area contributed by atoms with E-state index in [9.17, 15) is 0 Å². The maximum absolute atomic E-state index is 6.06. The van der Waals surface area contributed by atoms with Crippen LogP contribution in [0.15, 0.2) is 36.5 Å². The van der Waals surface area contributed by atoms with Crippen LogP contribution in [0.25, 0.3) is 0 Å². The van der Waals surface area contributed by atoms with E-state index in [4.69, 9.17) is 16.3 Å². The highest BCUT2D eigenvalue weighted by Crippen LogP contribution is 2.21. The second-order valence-corrected chi connectivity index (χ2v) is 5.38. The smallest absolute Gasteiger partial charge is 0.152 e. The number of nitrogens with one attached hydrogen (secondary N) is 1. The van der Waals surface area contributed by atoms with Crippen LogP contribution in [0.5, 0.6) is 5.75 Å². The van der Waals surface area contributed by atoms with E-state index in [1.807, 2.05) is 45.0 Å². The second-order valence-electron chi connectivity index (χ2n) is 5.02. The molecule has 0 aliphatic carbocycles. The first-order valence-corrected chi connectivity index (χ1v) is 7.04. The third kappa shape index (κ3) is 4.14. The van der Waals surface area contributed by atoms with Crippen LogP contribution in [-0.4, -0.2) is 11.1 Å². The fourth-order valence-electron chi connectivity index (χ4n) is 1.87. The molecular weight excluding hydrogens is 272 g/mol. The highest BCUT2D eigenvalue weighted by molar-refractivity contribution is 6.31. The maximum Gasteiger partial charge on any atom is 0.152 e. The number of anilines is 1. The van der Waals surface area contributed by atoms with Crippen molar-refractivity contribution in [2.45, 2.75) is 33.4 Å². The predicted octanol–water partition coefficient (Wildman–Crippen LogP) is 4.44. The van der Waals surface area contributed by atoms with Crippen LogP contribution in [0.3, 0.4) is 0 Å². The fourth-order valence-corrected chi connectivity index (χ4v) is 2.04. The quantitative estimate of drug-likeness (QED) is 0.827. The van der Waals surface area contributed by atoms with Gasteiger partial charge in [-0.05, 0) is 50.1 Å². The van der Waals surface area contributed by atoms with Gasteiger partial charge in [-0.2, -0.15) is 0 Å². The molecule has 0 atom stereocenters. The van der Waals surface area contributed by atoms with E-state index in [1.165, 1.54) is 0 Å². The van der Waals surface area contributed by atoms with Crippen molar-refractivity contribution < 1.29 is 4.74 Å². The van der Waals surface area contributed by atoms with Gasteiger partial charge in [-0.25, -0.2) is 4.98 Å². The molecule has 0 amide bonds. The average Bonchev–Trinajstić information content (AvgIpc) is 2.39. The largest absolute Gasteiger partial charge is 0.491 e. The Labute approximate surface area is 124 Å². The van der Waals surface area contributed by atoms with Gasteiger partial charge in [0, 0.05) is 12.7 Å². The number of ether oxygens (including phenoxy) is 1. The van der Waals surface area contributed by atoms with Gasteiger partial charge in [0.15, 0.2) is 5.15 Å². The SMILES string of the molecule is Cc1cnc(Cl)c(NCc2cccc(OC(C)C)c2)c1. The Bertz CT molecular complexity index is 584. The van der Waals surface area contributed by atoms with Crippen molar-refractivity contribution in [2.24, 2.45) is 0 Å². The molecule has 0 unspecified atom stereocenters. The third-order valence-corrected chi connectivity index (χ3v) is 3.03. The molecule has 1 aromatic heterocycles. The lowest BCUT2D eigenvalue weighted by atomic mass is 10.2. The summed E-state index contributed by atoms with van der Waals surface area (Å²) in [6.45, 7) is 6.71. The van der Waals surface area contributed by atoms with Gasteiger partial charge in [0.2, 0.25) is 0 Å². The summed E-state index contributed by atoms with van der Waals surface area (Å²) in [5, 5.41) is 3.79. The van der Waals surface area contributed by atoms with E-state index < -0.39 is 0 Å². The molecule has 20 heavy (non-hydrogen) atoms. The van der Waals surface area contributed by atoms with E-state index in [1.54, 1.807) is 6.20 Å². The molecule has 1 N–H and O–H groups in total. The number of pyridine rings is 1. The lowest BCUT2D eigenvalue weighted by Gasteiger charge is -2.12. The molecule has 0 aliphatic heterocycles. The second kappa shape index (κ2) is 6.62. The molecule has 4 heteroatoms. The zero-order valence-corrected chi connectivity index (χ0v) is 12.7. The number of hydrogen-bond acceptors (Lipinski definition) is 3. The Kier molecular flexibility index (Phi) is 4.85. The first-order valence-electron chi connectivity index (χ1n) is 6.66. The highest BCUT2D eigenvalue weighted by atomic mass is 35.5. The molecule has 2 rings (SSSR count). The molecule has 0 fully saturated rings. The van der Waals surface area contributed by atoms with Crippen molar-refractivity contribution in [1.29, 1.82) is 0 Å². The first-order chi connectivity index (χ1) is 9.54. The molecule has 3 nitrogen and oxygen atoms in total. The molecule has 106 valence electrons. The van der Waals surface area contributed by atoms with Crippen molar-refractivity contribution >= 4 is 17.3 Å². The molecular formula is C16H19ClN2O. The molecule has 0 bridgehead atoms. The lowest BCUT2D eigenvalue weighted by molar-refractivity contribution is 0.242. The van der Waals surface area contributed by atoms with E-state index in [0.29, 0.717) is 11.7 Å². The van der Waals surface area contributed by atoms with Gasteiger partial charge in [-0.15, -0.1) is 0 Å². The number of halogens is 1. The van der Waals surface area contributed by atoms with Crippen molar-refractivity contribution in [3.63, 3.8) is 0 Å². The Balaban J connectivity index is 2.05. The summed E-state index contributed by atoms with van der Waals surface area (Å²) >= 11 is 6.06. The van der Waals surface area contributed by atoms with Gasteiger partial charge in [-0.3, -0.25) is 0 Å². The maximum atomic E-state index is 6.06. The Hall–Kier alpha value is -1.74. The summed E-state index contributed by atoms with van der Waals surface area (Å²) < 4.78 is 5.68. The van der Waals surface area contributed by atoms with Crippen LogP contribution in [0, 0.1) is 6.92 Å². The molecule has 0 radical (unpaired) electrons. The van der Waals surface area contributed by atoms with E-state index >= 15 is 0 Å². The Morgan fingerprint density at radius 3 is 2.85 bits per heavy atom. The molecule has 1 heterocycles. The van der Waals surface area contributed by atoms with Crippen LogP contribution < -0.4 is 10.1 Å². The van der Waals surface area contributed by atoms with Gasteiger partial charge in [0.1, 0.15) is 5.75 Å². The zero-order chi connectivity index (χ0) is 14.5. The van der Waals surface area contributed by atoms with E-state index in [0.717, 1.165) is 22.6 Å². The minimum absolute atomic E-state index is 0.175. The van der Waals surface area contributed by atoms with Crippen LogP contribution >= 0.6 is 11.6 Å². The fraction of sp³-hybridized carbons (Fsp3) is 0.312. The molecule has 0 saturated heterocycles. The van der Waals surface area contributed by atoms with Crippen molar-refractivity contribution in [1.82, 2.24) is 4.98 Å². The number of hydrogen-bond donors (Lipinski definition) is 1. The van der Waals surface area contributed by atoms with E-state index in [2.05, 4.69) is 16.4 Å². The molecule has 1 aromatic carbocycles. The number of aryl methyl sites for hydroxylation is 1.